The largest absolute Gasteiger partial charge is 0.513 e. The third-order valence-electron chi connectivity index (χ3n) is 0.564. The molecule has 0 aliphatic carbocycles. The Morgan fingerprint density at radius 2 is 2.40 bits per heavy atom. The van der Waals surface area contributed by atoms with Gasteiger partial charge in [-0.3, -0.25) is 0 Å². The van der Waals surface area contributed by atoms with Crippen LogP contribution >= 0.6 is 11.6 Å². The summed E-state index contributed by atoms with van der Waals surface area (Å²) in [6.07, 6.45) is -1.44. The van der Waals surface area contributed by atoms with Crippen molar-refractivity contribution in [2.75, 3.05) is 6.61 Å². The molecule has 0 saturated heterocycles. The Hall–Kier alpha value is -0.900. The maximum atomic E-state index is 9.84. The van der Waals surface area contributed by atoms with Crippen LogP contribution in [-0.4, -0.2) is 17.9 Å². The predicted molar refractivity (Wildman–Crippen MR) is 34.7 cm³/mol. The summed E-state index contributed by atoms with van der Waals surface area (Å²) in [4.78, 5) is 9.84. The number of hydrogen-bond donors (Lipinski definition) is 1. The summed E-state index contributed by atoms with van der Waals surface area (Å²) >= 11 is 5.12. The first-order valence-electron chi connectivity index (χ1n) is 2.54. The van der Waals surface area contributed by atoms with Crippen LogP contribution in [0.1, 0.15) is 6.92 Å². The lowest BCUT2D eigenvalue weighted by Crippen LogP contribution is -2.02. The normalized spacial score (nSPS) is 10.8. The molecule has 0 aliphatic rings. The van der Waals surface area contributed by atoms with Crippen LogP contribution in [0.4, 0.5) is 4.79 Å². The Bertz CT molecular complexity index is 143. The fraction of sp³-hybridized carbons (Fsp3) is 0.400. The molecule has 0 aromatic carbocycles. The van der Waals surface area contributed by atoms with Gasteiger partial charge in [-0.1, -0.05) is 11.6 Å². The van der Waals surface area contributed by atoms with Crippen molar-refractivity contribution in [3.8, 4) is 0 Å². The molecule has 0 amide bonds. The van der Waals surface area contributed by atoms with Crippen molar-refractivity contribution in [2.24, 2.45) is 0 Å². The highest BCUT2D eigenvalue weighted by Gasteiger charge is 2.02. The van der Waals surface area contributed by atoms with Crippen molar-refractivity contribution in [3.63, 3.8) is 0 Å². The van der Waals surface area contributed by atoms with E-state index in [4.69, 9.17) is 16.7 Å². The Balaban J connectivity index is 3.73. The Morgan fingerprint density at radius 3 is 2.70 bits per heavy atom. The highest BCUT2D eigenvalue weighted by Crippen LogP contribution is 2.01. The molecule has 0 radical (unpaired) electrons. The van der Waals surface area contributed by atoms with E-state index in [1.807, 2.05) is 0 Å². The van der Waals surface area contributed by atoms with Gasteiger partial charge < -0.3 is 14.6 Å². The molecule has 0 spiro atoms. The van der Waals surface area contributed by atoms with E-state index >= 15 is 0 Å². The minimum Gasteiger partial charge on any atom is -0.465 e. The van der Waals surface area contributed by atoms with Crippen LogP contribution in [0.15, 0.2) is 11.5 Å². The summed E-state index contributed by atoms with van der Waals surface area (Å²) < 4.78 is 8.69. The summed E-state index contributed by atoms with van der Waals surface area (Å²) in [5, 5.41) is 8.04. The van der Waals surface area contributed by atoms with Crippen LogP contribution in [0.5, 0.6) is 0 Å². The van der Waals surface area contributed by atoms with Gasteiger partial charge in [-0.05, 0) is 6.92 Å². The molecule has 0 saturated carbocycles. The maximum Gasteiger partial charge on any atom is 0.513 e. The Labute approximate surface area is 63.0 Å². The lowest BCUT2D eigenvalue weighted by Gasteiger charge is -2.02. The average Bonchev–Trinajstić information content (AvgIpc) is 1.86. The van der Waals surface area contributed by atoms with Crippen molar-refractivity contribution in [3.05, 3.63) is 11.5 Å². The van der Waals surface area contributed by atoms with E-state index in [-0.39, 0.29) is 5.95 Å². The summed E-state index contributed by atoms with van der Waals surface area (Å²) in [5.74, 6) is -0.211. The van der Waals surface area contributed by atoms with Crippen molar-refractivity contribution < 1.29 is 19.4 Å². The van der Waals surface area contributed by atoms with Gasteiger partial charge in [0.2, 0.25) is 0 Å². The van der Waals surface area contributed by atoms with E-state index in [0.29, 0.717) is 6.61 Å². The van der Waals surface area contributed by atoms with Crippen molar-refractivity contribution >= 4 is 17.8 Å². The first kappa shape index (κ1) is 9.10. The molecule has 0 heterocycles. The zero-order valence-electron chi connectivity index (χ0n) is 5.33. The fourth-order valence-electron chi connectivity index (χ4n) is 0.312. The Kier molecular flexibility index (Phi) is 4.49. The summed E-state index contributed by atoms with van der Waals surface area (Å²) in [5.41, 5.74) is 0.914. The molecular weight excluding hydrogens is 160 g/mol. The van der Waals surface area contributed by atoms with Gasteiger partial charge in [0.1, 0.15) is 0 Å². The highest BCUT2D eigenvalue weighted by atomic mass is 35.5. The number of carbonyl (C=O) groups is 1. The number of carboxylic acid groups (broad SMARTS) is 1. The topological polar surface area (TPSA) is 55.8 Å². The van der Waals surface area contributed by atoms with Crippen LogP contribution in [0.3, 0.4) is 0 Å². The van der Waals surface area contributed by atoms with Crippen LogP contribution < -0.4 is 0 Å². The Morgan fingerprint density at radius 1 is 1.80 bits per heavy atom. The van der Waals surface area contributed by atoms with Crippen molar-refractivity contribution in [1.29, 1.82) is 0 Å². The number of rotatable bonds is 3. The monoisotopic (exact) mass is 166 g/mol. The molecule has 0 aliphatic heterocycles. The van der Waals surface area contributed by atoms with Crippen LogP contribution in [0.2, 0.25) is 0 Å². The maximum absolute atomic E-state index is 9.84. The van der Waals surface area contributed by atoms with E-state index in [9.17, 15) is 4.79 Å². The third kappa shape index (κ3) is 4.03. The smallest absolute Gasteiger partial charge is 0.465 e. The van der Waals surface area contributed by atoms with Crippen LogP contribution in [0.25, 0.3) is 0 Å². The molecule has 0 bridgehead atoms. The van der Waals surface area contributed by atoms with Gasteiger partial charge in [0.25, 0.3) is 0 Å². The third-order valence-corrected chi connectivity index (χ3v) is 0.742. The second-order valence-corrected chi connectivity index (χ2v) is 1.45. The van der Waals surface area contributed by atoms with Crippen LogP contribution in [-0.2, 0) is 9.47 Å². The lowest BCUT2D eigenvalue weighted by atomic mass is 10.8. The molecule has 0 aromatic rings. The van der Waals surface area contributed by atoms with Gasteiger partial charge >= 0.3 is 12.1 Å². The van der Waals surface area contributed by atoms with Gasteiger partial charge in [-0.2, -0.15) is 0 Å². The molecular formula is C5H7ClO4. The minimum absolute atomic E-state index is 0.211. The van der Waals surface area contributed by atoms with Gasteiger partial charge in [-0.25, -0.2) is 4.79 Å². The van der Waals surface area contributed by atoms with Gasteiger partial charge in [-0.15, -0.1) is 0 Å². The van der Waals surface area contributed by atoms with Crippen molar-refractivity contribution in [2.45, 2.75) is 6.92 Å². The summed E-state index contributed by atoms with van der Waals surface area (Å²) in [6.45, 7) is 2.00. The quantitative estimate of drug-likeness (QED) is 0.513. The van der Waals surface area contributed by atoms with E-state index in [0.717, 1.165) is 5.54 Å². The number of hydrogen-bond acceptors (Lipinski definition) is 3. The molecule has 0 aromatic heterocycles. The fourth-order valence-corrected chi connectivity index (χ4v) is 0.419. The van der Waals surface area contributed by atoms with Gasteiger partial charge in [0.15, 0.2) is 0 Å². The SMILES string of the molecule is CCO/C(=C/Cl)OC(=O)O. The second-order valence-electron chi connectivity index (χ2n) is 1.23. The van der Waals surface area contributed by atoms with Crippen LogP contribution in [0, 0.1) is 0 Å². The predicted octanol–water partition coefficient (Wildman–Crippen LogP) is 1.76. The average molecular weight is 167 g/mol. The van der Waals surface area contributed by atoms with Crippen molar-refractivity contribution in [1.82, 2.24) is 0 Å². The molecule has 0 unspecified atom stereocenters. The first-order chi connectivity index (χ1) is 4.70. The van der Waals surface area contributed by atoms with E-state index in [2.05, 4.69) is 9.47 Å². The molecule has 58 valence electrons. The second kappa shape index (κ2) is 4.93. The lowest BCUT2D eigenvalue weighted by molar-refractivity contribution is 0.0442. The molecule has 5 heteroatoms. The number of halogens is 1. The van der Waals surface area contributed by atoms with E-state index < -0.39 is 6.16 Å². The molecule has 0 rings (SSSR count). The number of ether oxygens (including phenoxy) is 2. The molecule has 10 heavy (non-hydrogen) atoms. The standard InChI is InChI=1S/C5H7ClO4/c1-2-9-4(3-6)10-5(7)8/h3H,2H2,1H3,(H,7,8)/b4-3-. The summed E-state index contributed by atoms with van der Waals surface area (Å²) in [6, 6.07) is 0. The minimum atomic E-state index is -1.44. The highest BCUT2D eigenvalue weighted by molar-refractivity contribution is 6.25. The first-order valence-corrected chi connectivity index (χ1v) is 2.98. The molecule has 1 N–H and O–H groups in total. The van der Waals surface area contributed by atoms with E-state index in [1.165, 1.54) is 0 Å². The van der Waals surface area contributed by atoms with E-state index in [1.54, 1.807) is 6.92 Å². The summed E-state index contributed by atoms with van der Waals surface area (Å²) in [7, 11) is 0. The molecule has 0 fully saturated rings. The zero-order valence-corrected chi connectivity index (χ0v) is 6.09. The zero-order chi connectivity index (χ0) is 7.98. The van der Waals surface area contributed by atoms with Gasteiger partial charge in [0.05, 0.1) is 12.1 Å². The van der Waals surface area contributed by atoms with Gasteiger partial charge in [0, 0.05) is 0 Å². The molecule has 0 atom stereocenters. The molecule has 4 nitrogen and oxygen atoms in total.